The van der Waals surface area contributed by atoms with Crippen molar-refractivity contribution < 1.29 is 23.0 Å². The number of rotatable bonds is 4. The first kappa shape index (κ1) is 16.8. The summed E-state index contributed by atoms with van der Waals surface area (Å²) >= 11 is 2.87. The fraction of sp³-hybridized carbons (Fsp3) is 0.222. The summed E-state index contributed by atoms with van der Waals surface area (Å²) in [5, 5.41) is 21.6. The van der Waals surface area contributed by atoms with Gasteiger partial charge < -0.3 is 5.73 Å². The fourth-order valence-electron chi connectivity index (χ4n) is 1.33. The SMILES string of the molecule is NC(CBr)=Nc1c([N+](=O)[O-])cc(C(F)(F)F)cc1[N+](=O)[O-]. The minimum Gasteiger partial charge on any atom is -0.386 e. The molecule has 1 aromatic rings. The minimum atomic E-state index is -4.97. The molecule has 1 rings (SSSR count). The number of hydrogen-bond acceptors (Lipinski definition) is 5. The molecule has 0 heterocycles. The first-order chi connectivity index (χ1) is 9.57. The average molecular weight is 371 g/mol. The molecule has 0 radical (unpaired) electrons. The molecule has 21 heavy (non-hydrogen) atoms. The van der Waals surface area contributed by atoms with Gasteiger partial charge in [0.25, 0.3) is 0 Å². The van der Waals surface area contributed by atoms with E-state index in [1.807, 2.05) is 0 Å². The van der Waals surface area contributed by atoms with Crippen LogP contribution >= 0.6 is 15.9 Å². The van der Waals surface area contributed by atoms with Gasteiger partial charge in [-0.3, -0.25) is 20.2 Å². The van der Waals surface area contributed by atoms with Crippen molar-refractivity contribution in [2.24, 2.45) is 10.7 Å². The maximum Gasteiger partial charge on any atom is 0.416 e. The molecule has 0 atom stereocenters. The number of hydrogen-bond donors (Lipinski definition) is 1. The van der Waals surface area contributed by atoms with Gasteiger partial charge in [0, 0.05) is 12.1 Å². The molecule has 0 amide bonds. The van der Waals surface area contributed by atoms with Gasteiger partial charge in [-0.2, -0.15) is 13.2 Å². The number of nitro groups is 2. The Labute approximate surface area is 122 Å². The first-order valence-electron chi connectivity index (χ1n) is 5.01. The Morgan fingerprint density at radius 1 is 1.24 bits per heavy atom. The molecule has 0 aliphatic heterocycles. The number of nitro benzene ring substituents is 2. The molecular weight excluding hydrogens is 365 g/mol. The number of aliphatic imine (C=N–C) groups is 1. The Morgan fingerprint density at radius 3 is 1.95 bits per heavy atom. The summed E-state index contributed by atoms with van der Waals surface area (Å²) in [6.07, 6.45) is -4.97. The lowest BCUT2D eigenvalue weighted by Gasteiger charge is -2.08. The van der Waals surface area contributed by atoms with Crippen molar-refractivity contribution in [3.05, 3.63) is 37.9 Å². The second kappa shape index (κ2) is 6.03. The van der Waals surface area contributed by atoms with E-state index in [2.05, 4.69) is 20.9 Å². The van der Waals surface area contributed by atoms with Gasteiger partial charge in [-0.25, -0.2) is 4.99 Å². The van der Waals surface area contributed by atoms with Crippen LogP contribution in [0.25, 0.3) is 0 Å². The highest BCUT2D eigenvalue weighted by Crippen LogP contribution is 2.42. The van der Waals surface area contributed by atoms with E-state index < -0.39 is 38.6 Å². The van der Waals surface area contributed by atoms with Crippen molar-refractivity contribution in [3.63, 3.8) is 0 Å². The molecule has 8 nitrogen and oxygen atoms in total. The van der Waals surface area contributed by atoms with Crippen LogP contribution in [0.15, 0.2) is 17.1 Å². The highest BCUT2D eigenvalue weighted by atomic mass is 79.9. The lowest BCUT2D eigenvalue weighted by Crippen LogP contribution is -2.13. The van der Waals surface area contributed by atoms with Crippen LogP contribution in [0.1, 0.15) is 5.56 Å². The van der Waals surface area contributed by atoms with Gasteiger partial charge >= 0.3 is 17.6 Å². The third-order valence-corrected chi connectivity index (χ3v) is 2.76. The molecule has 1 aromatic carbocycles. The maximum atomic E-state index is 12.6. The number of nitrogens with zero attached hydrogens (tertiary/aromatic N) is 3. The molecule has 0 spiro atoms. The smallest absolute Gasteiger partial charge is 0.386 e. The number of halogens is 4. The predicted octanol–water partition coefficient (Wildman–Crippen LogP) is 2.91. The Morgan fingerprint density at radius 2 is 1.67 bits per heavy atom. The van der Waals surface area contributed by atoms with Crippen molar-refractivity contribution in [1.29, 1.82) is 0 Å². The van der Waals surface area contributed by atoms with Crippen LogP contribution in [0.5, 0.6) is 0 Å². The lowest BCUT2D eigenvalue weighted by molar-refractivity contribution is -0.392. The lowest BCUT2D eigenvalue weighted by atomic mass is 10.1. The monoisotopic (exact) mass is 370 g/mol. The molecule has 114 valence electrons. The third-order valence-electron chi connectivity index (χ3n) is 2.18. The van der Waals surface area contributed by atoms with E-state index in [-0.39, 0.29) is 23.3 Å². The molecule has 0 aromatic heterocycles. The second-order valence-corrected chi connectivity index (χ2v) is 4.17. The van der Waals surface area contributed by atoms with Crippen LogP contribution in [0, 0.1) is 20.2 Å². The standard InChI is InChI=1S/C9H6BrF3N4O4/c10-3-7(14)15-8-5(16(18)19)1-4(9(11,12)13)2-6(8)17(20)21/h1-2H,3H2,(H2,14,15). The second-order valence-electron chi connectivity index (χ2n) is 3.61. The molecule has 0 aliphatic rings. The summed E-state index contributed by atoms with van der Waals surface area (Å²) in [5.41, 5.74) is 0.643. The number of amidine groups is 1. The van der Waals surface area contributed by atoms with Gasteiger partial charge in [0.05, 0.1) is 20.7 Å². The van der Waals surface area contributed by atoms with Crippen LogP contribution in [0.2, 0.25) is 0 Å². The predicted molar refractivity (Wildman–Crippen MR) is 69.8 cm³/mol. The molecule has 2 N–H and O–H groups in total. The summed E-state index contributed by atoms with van der Waals surface area (Å²) in [7, 11) is 0. The van der Waals surface area contributed by atoms with E-state index in [4.69, 9.17) is 5.73 Å². The van der Waals surface area contributed by atoms with E-state index >= 15 is 0 Å². The first-order valence-corrected chi connectivity index (χ1v) is 6.13. The molecule has 0 bridgehead atoms. The van der Waals surface area contributed by atoms with Gasteiger partial charge in [0.15, 0.2) is 0 Å². The van der Waals surface area contributed by atoms with Crippen LogP contribution < -0.4 is 5.73 Å². The summed E-state index contributed by atoms with van der Waals surface area (Å²) in [6.45, 7) is 0. The number of alkyl halides is 4. The Hall–Kier alpha value is -2.24. The minimum absolute atomic E-state index is 0.0671. The summed E-state index contributed by atoms with van der Waals surface area (Å²) < 4.78 is 37.9. The topological polar surface area (TPSA) is 125 Å². The van der Waals surface area contributed by atoms with Crippen LogP contribution in [-0.2, 0) is 6.18 Å². The van der Waals surface area contributed by atoms with Crippen molar-refractivity contribution in [2.45, 2.75) is 6.18 Å². The number of benzene rings is 1. The molecule has 0 saturated heterocycles. The van der Waals surface area contributed by atoms with Gasteiger partial charge in [-0.15, -0.1) is 0 Å². The van der Waals surface area contributed by atoms with Crippen LogP contribution in [-0.4, -0.2) is 21.0 Å². The average Bonchev–Trinajstić information content (AvgIpc) is 2.36. The van der Waals surface area contributed by atoms with Gasteiger partial charge in [0.2, 0.25) is 5.69 Å². The third kappa shape index (κ3) is 3.87. The van der Waals surface area contributed by atoms with E-state index in [0.717, 1.165) is 0 Å². The highest BCUT2D eigenvalue weighted by Gasteiger charge is 2.37. The normalized spacial score (nSPS) is 12.3. The summed E-state index contributed by atoms with van der Waals surface area (Å²) in [6, 6.07) is 0.348. The van der Waals surface area contributed by atoms with E-state index in [9.17, 15) is 33.4 Å². The van der Waals surface area contributed by atoms with Crippen molar-refractivity contribution in [1.82, 2.24) is 0 Å². The largest absolute Gasteiger partial charge is 0.416 e. The molecule has 0 unspecified atom stereocenters. The van der Waals surface area contributed by atoms with Crippen LogP contribution in [0.4, 0.5) is 30.2 Å². The summed E-state index contributed by atoms with van der Waals surface area (Å²) in [4.78, 5) is 22.7. The van der Waals surface area contributed by atoms with Crippen molar-refractivity contribution in [3.8, 4) is 0 Å². The molecular formula is C9H6BrF3N4O4. The molecule has 0 fully saturated rings. The van der Waals surface area contributed by atoms with E-state index in [1.165, 1.54) is 0 Å². The summed E-state index contributed by atoms with van der Waals surface area (Å²) in [5.74, 6) is -0.263. The van der Waals surface area contributed by atoms with Crippen LogP contribution in [0.3, 0.4) is 0 Å². The Kier molecular flexibility index (Phi) is 4.83. The zero-order valence-corrected chi connectivity index (χ0v) is 11.5. The van der Waals surface area contributed by atoms with Crippen molar-refractivity contribution >= 4 is 38.8 Å². The highest BCUT2D eigenvalue weighted by molar-refractivity contribution is 9.09. The molecule has 0 saturated carbocycles. The van der Waals surface area contributed by atoms with E-state index in [0.29, 0.717) is 0 Å². The van der Waals surface area contributed by atoms with Gasteiger partial charge in [-0.1, -0.05) is 15.9 Å². The molecule has 0 aliphatic carbocycles. The zero-order chi connectivity index (χ0) is 16.4. The Bertz CT molecular complexity index is 597. The zero-order valence-electron chi connectivity index (χ0n) is 9.93. The van der Waals surface area contributed by atoms with Crippen molar-refractivity contribution in [2.75, 3.05) is 5.33 Å². The van der Waals surface area contributed by atoms with Gasteiger partial charge in [-0.05, 0) is 0 Å². The van der Waals surface area contributed by atoms with Gasteiger partial charge in [0.1, 0.15) is 5.84 Å². The molecule has 12 heteroatoms. The van der Waals surface area contributed by atoms with E-state index in [1.54, 1.807) is 0 Å². The maximum absolute atomic E-state index is 12.6. The quantitative estimate of drug-likeness (QED) is 0.286. The Balaban J connectivity index is 3.76. The fourth-order valence-corrected chi connectivity index (χ4v) is 1.46. The number of nitrogens with two attached hydrogens (primary N) is 1.